The average Bonchev–Trinajstić information content (AvgIpc) is 3.78. The van der Waals surface area contributed by atoms with E-state index in [-0.39, 0.29) is 31.3 Å². The Balaban J connectivity index is 1.26. The fourth-order valence-corrected chi connectivity index (χ4v) is 10.8. The van der Waals surface area contributed by atoms with Crippen LogP contribution in [0.4, 0.5) is 0 Å². The number of carbonyl (C=O) groups excluding carboxylic acids is 3. The fourth-order valence-electron chi connectivity index (χ4n) is 10.8. The Morgan fingerprint density at radius 2 is 1.49 bits per heavy atom. The first kappa shape index (κ1) is 36.3. The van der Waals surface area contributed by atoms with Crippen LogP contribution in [0.2, 0.25) is 0 Å². The minimum Gasteiger partial charge on any atom is -0.458 e. The molecule has 0 radical (unpaired) electrons. The van der Waals surface area contributed by atoms with Gasteiger partial charge in [-0.3, -0.25) is 14.4 Å². The van der Waals surface area contributed by atoms with Crippen LogP contribution in [0, 0.1) is 40.4 Å². The standard InChI is InChI=1S/C39H60O8/c1-6-7-8-9-10-11-12-13-14-15-16-17-18-19-31(43)46-35-26(3)38(45)30(34-36(5,24-41)39(34,35)47-27(4)42)21-28(23-40)22-37(38)29-20-25(2)33(44)32(29)37/h20-21,26,29-30,32,34-35,40-41,45H,6-19,22-24H2,1-5H3. The molecular weight excluding hydrogens is 596 g/mol. The van der Waals surface area contributed by atoms with Crippen molar-refractivity contribution in [3.05, 3.63) is 23.3 Å². The maximum atomic E-state index is 13.5. The van der Waals surface area contributed by atoms with Crippen LogP contribution in [-0.2, 0) is 23.9 Å². The number of fused-ring (bicyclic) bond motifs is 7. The molecule has 0 aromatic rings. The average molecular weight is 657 g/mol. The maximum Gasteiger partial charge on any atom is 0.306 e. The zero-order chi connectivity index (χ0) is 34.2. The Morgan fingerprint density at radius 1 is 0.915 bits per heavy atom. The van der Waals surface area contributed by atoms with Crippen molar-refractivity contribution in [3.8, 4) is 0 Å². The number of esters is 2. The molecule has 0 aromatic carbocycles. The van der Waals surface area contributed by atoms with E-state index in [0.717, 1.165) is 24.8 Å². The van der Waals surface area contributed by atoms with Crippen LogP contribution in [0.15, 0.2) is 23.3 Å². The SMILES string of the molecule is CCCCCCCCCCCCCCCC(=O)OC1C(C)C2(O)C(C=C(CO)CC23C2C=C(C)C(=O)C23)C2C(C)(CO)C12OC(C)=O. The van der Waals surface area contributed by atoms with Crippen molar-refractivity contribution in [2.45, 2.75) is 148 Å². The summed E-state index contributed by atoms with van der Waals surface area (Å²) in [7, 11) is 0. The molecule has 3 saturated carbocycles. The molecule has 8 nitrogen and oxygen atoms in total. The van der Waals surface area contributed by atoms with Crippen LogP contribution in [0.5, 0.6) is 0 Å². The Morgan fingerprint density at radius 3 is 1.98 bits per heavy atom. The lowest BCUT2D eigenvalue weighted by Gasteiger charge is -2.56. The van der Waals surface area contributed by atoms with Crippen LogP contribution < -0.4 is 0 Å². The Kier molecular flexibility index (Phi) is 10.9. The van der Waals surface area contributed by atoms with E-state index in [2.05, 4.69) is 6.92 Å². The number of aliphatic hydroxyl groups excluding tert-OH is 2. The van der Waals surface area contributed by atoms with E-state index in [4.69, 9.17) is 9.47 Å². The molecule has 0 saturated heterocycles. The first-order valence-corrected chi connectivity index (χ1v) is 18.7. The number of allylic oxidation sites excluding steroid dienone is 2. The van der Waals surface area contributed by atoms with Gasteiger partial charge in [0, 0.05) is 47.8 Å². The molecule has 8 heteroatoms. The summed E-state index contributed by atoms with van der Waals surface area (Å²) < 4.78 is 12.4. The molecule has 0 amide bonds. The Labute approximate surface area is 281 Å². The molecule has 3 N–H and O–H groups in total. The van der Waals surface area contributed by atoms with E-state index in [1.807, 2.05) is 26.0 Å². The molecule has 5 rings (SSSR count). The number of ether oxygens (including phenoxy) is 2. The lowest BCUT2D eigenvalue weighted by atomic mass is 9.53. The number of aliphatic hydroxyl groups is 3. The summed E-state index contributed by atoms with van der Waals surface area (Å²) >= 11 is 0. The highest BCUT2D eigenvalue weighted by molar-refractivity contribution is 6.03. The van der Waals surface area contributed by atoms with Crippen LogP contribution in [0.25, 0.3) is 0 Å². The number of ketones is 1. The molecular formula is C39H60O8. The van der Waals surface area contributed by atoms with E-state index < -0.39 is 63.7 Å². The maximum absolute atomic E-state index is 13.5. The molecule has 264 valence electrons. The van der Waals surface area contributed by atoms with E-state index in [1.165, 1.54) is 64.7 Å². The minimum absolute atomic E-state index is 0.0158. The summed E-state index contributed by atoms with van der Waals surface area (Å²) in [6.07, 6.45) is 19.1. The van der Waals surface area contributed by atoms with Gasteiger partial charge in [0.2, 0.25) is 0 Å². The van der Waals surface area contributed by atoms with Crippen molar-refractivity contribution in [2.24, 2.45) is 40.4 Å². The Bertz CT molecular complexity index is 1260. The number of Topliss-reactive ketones (excluding diaryl/α,β-unsaturated/α-hetero) is 1. The zero-order valence-electron chi connectivity index (χ0n) is 29.5. The monoisotopic (exact) mass is 656 g/mol. The summed E-state index contributed by atoms with van der Waals surface area (Å²) in [6, 6.07) is 0. The van der Waals surface area contributed by atoms with Gasteiger partial charge < -0.3 is 24.8 Å². The van der Waals surface area contributed by atoms with Crippen molar-refractivity contribution in [3.63, 3.8) is 0 Å². The van der Waals surface area contributed by atoms with Gasteiger partial charge in [0.05, 0.1) is 18.8 Å². The summed E-state index contributed by atoms with van der Waals surface area (Å²) in [5.41, 5.74) is -3.21. The predicted octanol–water partition coefficient (Wildman–Crippen LogP) is 6.39. The van der Waals surface area contributed by atoms with Crippen molar-refractivity contribution < 1.29 is 39.2 Å². The van der Waals surface area contributed by atoms with Gasteiger partial charge in [-0.1, -0.05) is 110 Å². The third-order valence-electron chi connectivity index (χ3n) is 13.2. The van der Waals surface area contributed by atoms with Gasteiger partial charge >= 0.3 is 11.9 Å². The topological polar surface area (TPSA) is 130 Å². The van der Waals surface area contributed by atoms with Crippen molar-refractivity contribution in [2.75, 3.05) is 13.2 Å². The second-order valence-electron chi connectivity index (χ2n) is 15.9. The van der Waals surface area contributed by atoms with Crippen LogP contribution >= 0.6 is 0 Å². The molecule has 47 heavy (non-hydrogen) atoms. The van der Waals surface area contributed by atoms with E-state index in [1.54, 1.807) is 6.92 Å². The number of carbonyl (C=O) groups is 3. The van der Waals surface area contributed by atoms with Gasteiger partial charge in [-0.2, -0.15) is 0 Å². The van der Waals surface area contributed by atoms with Gasteiger partial charge in [-0.25, -0.2) is 0 Å². The smallest absolute Gasteiger partial charge is 0.306 e. The molecule has 10 atom stereocenters. The Hall–Kier alpha value is -2.03. The second kappa shape index (κ2) is 14.1. The molecule has 0 bridgehead atoms. The molecule has 5 aliphatic rings. The zero-order valence-corrected chi connectivity index (χ0v) is 29.5. The number of unbranched alkanes of at least 4 members (excludes halogenated alkanes) is 12. The normalized spacial score (nSPS) is 39.4. The van der Waals surface area contributed by atoms with Gasteiger partial charge in [-0.05, 0) is 36.8 Å². The van der Waals surface area contributed by atoms with Crippen molar-refractivity contribution in [1.29, 1.82) is 0 Å². The van der Waals surface area contributed by atoms with E-state index in [9.17, 15) is 29.7 Å². The second-order valence-corrected chi connectivity index (χ2v) is 15.9. The third-order valence-corrected chi connectivity index (χ3v) is 13.2. The molecule has 3 fully saturated rings. The van der Waals surface area contributed by atoms with Crippen molar-refractivity contribution in [1.82, 2.24) is 0 Å². The molecule has 0 aromatic heterocycles. The quantitative estimate of drug-likeness (QED) is 0.0879. The minimum atomic E-state index is -1.48. The fraction of sp³-hybridized carbons (Fsp3) is 0.821. The molecule has 0 heterocycles. The predicted molar refractivity (Wildman–Crippen MR) is 179 cm³/mol. The van der Waals surface area contributed by atoms with Gasteiger partial charge in [0.25, 0.3) is 0 Å². The summed E-state index contributed by atoms with van der Waals surface area (Å²) in [5, 5.41) is 34.1. The van der Waals surface area contributed by atoms with Gasteiger partial charge in [0.1, 0.15) is 6.10 Å². The van der Waals surface area contributed by atoms with Crippen LogP contribution in [0.3, 0.4) is 0 Å². The van der Waals surface area contributed by atoms with Crippen LogP contribution in [-0.4, -0.2) is 63.6 Å². The highest BCUT2D eigenvalue weighted by Crippen LogP contribution is 2.84. The number of hydrogen-bond donors (Lipinski definition) is 3. The summed E-state index contributed by atoms with van der Waals surface area (Å²) in [4.78, 5) is 39.4. The van der Waals surface area contributed by atoms with E-state index >= 15 is 0 Å². The molecule has 10 unspecified atom stereocenters. The number of rotatable bonds is 18. The largest absolute Gasteiger partial charge is 0.458 e. The highest BCUT2D eigenvalue weighted by atomic mass is 16.6. The van der Waals surface area contributed by atoms with Crippen LogP contribution in [0.1, 0.15) is 131 Å². The van der Waals surface area contributed by atoms with Gasteiger partial charge in [-0.15, -0.1) is 0 Å². The van der Waals surface area contributed by atoms with E-state index in [0.29, 0.717) is 18.4 Å². The molecule has 0 aliphatic heterocycles. The highest BCUT2D eigenvalue weighted by Gasteiger charge is 2.93. The van der Waals surface area contributed by atoms with Crippen molar-refractivity contribution >= 4 is 17.7 Å². The summed E-state index contributed by atoms with van der Waals surface area (Å²) in [6.45, 7) is 8.47. The first-order chi connectivity index (χ1) is 22.4. The molecule has 1 spiro atoms. The first-order valence-electron chi connectivity index (χ1n) is 18.7. The lowest BCUT2D eigenvalue weighted by Crippen LogP contribution is -2.66. The lowest BCUT2D eigenvalue weighted by molar-refractivity contribution is -0.231. The number of hydrogen-bond acceptors (Lipinski definition) is 8. The summed E-state index contributed by atoms with van der Waals surface area (Å²) in [5.74, 6) is -3.37. The third kappa shape index (κ3) is 5.76. The molecule has 5 aliphatic carbocycles. The van der Waals surface area contributed by atoms with Gasteiger partial charge in [0.15, 0.2) is 11.4 Å².